The summed E-state index contributed by atoms with van der Waals surface area (Å²) in [7, 11) is 0. The van der Waals surface area contributed by atoms with E-state index in [4.69, 9.17) is 4.74 Å². The van der Waals surface area contributed by atoms with Gasteiger partial charge < -0.3 is 15.2 Å². The molecular formula is C20H31NO2. The summed E-state index contributed by atoms with van der Waals surface area (Å²) in [6.07, 6.45) is 10.2. The van der Waals surface area contributed by atoms with Crippen LogP contribution in [0, 0.1) is 0 Å². The molecular weight excluding hydrogens is 286 g/mol. The van der Waals surface area contributed by atoms with E-state index in [2.05, 4.69) is 36.5 Å². The van der Waals surface area contributed by atoms with Gasteiger partial charge in [-0.1, -0.05) is 24.3 Å². The third-order valence-electron chi connectivity index (χ3n) is 4.59. The van der Waals surface area contributed by atoms with Crippen molar-refractivity contribution in [3.05, 3.63) is 42.0 Å². The van der Waals surface area contributed by atoms with Gasteiger partial charge in [0.1, 0.15) is 12.4 Å². The van der Waals surface area contributed by atoms with E-state index >= 15 is 0 Å². The van der Waals surface area contributed by atoms with Crippen molar-refractivity contribution in [3.8, 4) is 5.75 Å². The third kappa shape index (κ3) is 6.76. The van der Waals surface area contributed by atoms with Crippen molar-refractivity contribution in [3.63, 3.8) is 0 Å². The largest absolute Gasteiger partial charge is 0.490 e. The standard InChI is InChI=1S/C20H31NO2/c1-3-4-15-23-20-13-7-17(8-14-20)6-5-16(2)21-18-9-11-19(22)12-10-18/h3-4,7-8,13-14,16,18-19,21-22H,5-6,9-12,15H2,1-2H3/b4-3+. The van der Waals surface area contributed by atoms with Crippen LogP contribution in [0.4, 0.5) is 0 Å². The van der Waals surface area contributed by atoms with Crippen LogP contribution in [0.5, 0.6) is 5.75 Å². The zero-order chi connectivity index (χ0) is 16.5. The van der Waals surface area contributed by atoms with E-state index in [-0.39, 0.29) is 6.10 Å². The lowest BCUT2D eigenvalue weighted by molar-refractivity contribution is 0.114. The average molecular weight is 317 g/mol. The van der Waals surface area contributed by atoms with Gasteiger partial charge in [-0.3, -0.25) is 0 Å². The Labute approximate surface area is 140 Å². The van der Waals surface area contributed by atoms with Crippen LogP contribution in [-0.2, 0) is 6.42 Å². The zero-order valence-corrected chi connectivity index (χ0v) is 14.5. The van der Waals surface area contributed by atoms with Crippen molar-refractivity contribution in [1.82, 2.24) is 5.32 Å². The van der Waals surface area contributed by atoms with Gasteiger partial charge >= 0.3 is 0 Å². The fourth-order valence-electron chi connectivity index (χ4n) is 3.10. The minimum Gasteiger partial charge on any atom is -0.490 e. The smallest absolute Gasteiger partial charge is 0.119 e. The summed E-state index contributed by atoms with van der Waals surface area (Å²) >= 11 is 0. The van der Waals surface area contributed by atoms with Crippen LogP contribution in [0.25, 0.3) is 0 Å². The van der Waals surface area contributed by atoms with Gasteiger partial charge in [0.25, 0.3) is 0 Å². The molecule has 3 heteroatoms. The van der Waals surface area contributed by atoms with Crippen molar-refractivity contribution in [2.24, 2.45) is 0 Å². The van der Waals surface area contributed by atoms with E-state index in [1.165, 1.54) is 5.56 Å². The summed E-state index contributed by atoms with van der Waals surface area (Å²) in [6.45, 7) is 4.89. The fraction of sp³-hybridized carbons (Fsp3) is 0.600. The number of aliphatic hydroxyl groups is 1. The van der Waals surface area contributed by atoms with Crippen molar-refractivity contribution in [2.45, 2.75) is 70.6 Å². The Hall–Kier alpha value is -1.32. The summed E-state index contributed by atoms with van der Waals surface area (Å²) in [5, 5.41) is 13.3. The number of hydrogen-bond donors (Lipinski definition) is 2. The van der Waals surface area contributed by atoms with Gasteiger partial charge in [-0.25, -0.2) is 0 Å². The Balaban J connectivity index is 1.68. The van der Waals surface area contributed by atoms with E-state index in [1.807, 2.05) is 19.1 Å². The summed E-state index contributed by atoms with van der Waals surface area (Å²) in [5.41, 5.74) is 1.36. The predicted octanol–water partition coefficient (Wildman–Crippen LogP) is 3.86. The number of aryl methyl sites for hydroxylation is 1. The number of benzene rings is 1. The van der Waals surface area contributed by atoms with Crippen molar-refractivity contribution in [2.75, 3.05) is 6.61 Å². The molecule has 2 N–H and O–H groups in total. The van der Waals surface area contributed by atoms with Gasteiger partial charge in [0.2, 0.25) is 0 Å². The van der Waals surface area contributed by atoms with Crippen molar-refractivity contribution >= 4 is 0 Å². The fourth-order valence-corrected chi connectivity index (χ4v) is 3.10. The molecule has 1 aromatic carbocycles. The maximum Gasteiger partial charge on any atom is 0.119 e. The molecule has 1 aliphatic rings. The minimum absolute atomic E-state index is 0.0723. The van der Waals surface area contributed by atoms with Crippen molar-refractivity contribution < 1.29 is 9.84 Å². The molecule has 128 valence electrons. The van der Waals surface area contributed by atoms with Crippen LogP contribution in [0.15, 0.2) is 36.4 Å². The third-order valence-corrected chi connectivity index (χ3v) is 4.59. The quantitative estimate of drug-likeness (QED) is 0.716. The molecule has 23 heavy (non-hydrogen) atoms. The lowest BCUT2D eigenvalue weighted by Gasteiger charge is -2.29. The summed E-state index contributed by atoms with van der Waals surface area (Å²) in [6, 6.07) is 9.53. The first-order valence-corrected chi connectivity index (χ1v) is 8.94. The molecule has 1 unspecified atom stereocenters. The Morgan fingerprint density at radius 2 is 1.91 bits per heavy atom. The highest BCUT2D eigenvalue weighted by molar-refractivity contribution is 5.27. The molecule has 0 heterocycles. The number of hydrogen-bond acceptors (Lipinski definition) is 3. The second kappa shape index (κ2) is 9.74. The minimum atomic E-state index is -0.0723. The van der Waals surface area contributed by atoms with Crippen LogP contribution in [0.1, 0.15) is 51.5 Å². The Bertz CT molecular complexity index is 461. The van der Waals surface area contributed by atoms with Gasteiger partial charge in [-0.05, 0) is 70.1 Å². The molecule has 0 radical (unpaired) electrons. The number of ether oxygens (including phenoxy) is 1. The maximum absolute atomic E-state index is 9.56. The van der Waals surface area contributed by atoms with Gasteiger partial charge in [0, 0.05) is 12.1 Å². The molecule has 0 amide bonds. The van der Waals surface area contributed by atoms with Gasteiger partial charge in [-0.15, -0.1) is 0 Å². The van der Waals surface area contributed by atoms with E-state index < -0.39 is 0 Å². The summed E-state index contributed by atoms with van der Waals surface area (Å²) in [4.78, 5) is 0. The van der Waals surface area contributed by atoms with E-state index in [1.54, 1.807) is 0 Å². The predicted molar refractivity (Wildman–Crippen MR) is 95.9 cm³/mol. The molecule has 1 fully saturated rings. The topological polar surface area (TPSA) is 41.5 Å². The van der Waals surface area contributed by atoms with E-state index in [0.29, 0.717) is 18.7 Å². The lowest BCUT2D eigenvalue weighted by atomic mass is 9.92. The monoisotopic (exact) mass is 317 g/mol. The van der Waals surface area contributed by atoms with Crippen molar-refractivity contribution in [1.29, 1.82) is 0 Å². The second-order valence-electron chi connectivity index (χ2n) is 6.64. The molecule has 1 atom stereocenters. The molecule has 0 spiro atoms. The Morgan fingerprint density at radius 3 is 2.57 bits per heavy atom. The Morgan fingerprint density at radius 1 is 1.22 bits per heavy atom. The number of allylic oxidation sites excluding steroid dienone is 1. The normalized spacial score (nSPS) is 23.1. The van der Waals surface area contributed by atoms with Crippen LogP contribution >= 0.6 is 0 Å². The maximum atomic E-state index is 9.56. The molecule has 0 saturated heterocycles. The molecule has 0 bridgehead atoms. The van der Waals surface area contributed by atoms with Crippen LogP contribution < -0.4 is 10.1 Å². The SMILES string of the molecule is C/C=C/COc1ccc(CCC(C)NC2CCC(O)CC2)cc1. The molecule has 3 nitrogen and oxygen atoms in total. The first-order valence-electron chi connectivity index (χ1n) is 8.94. The van der Waals surface area contributed by atoms with E-state index in [9.17, 15) is 5.11 Å². The van der Waals surface area contributed by atoms with Crippen LogP contribution in [-0.4, -0.2) is 29.9 Å². The summed E-state index contributed by atoms with van der Waals surface area (Å²) < 4.78 is 5.62. The highest BCUT2D eigenvalue weighted by Crippen LogP contribution is 2.19. The number of nitrogens with one attached hydrogen (secondary N) is 1. The summed E-state index contributed by atoms with van der Waals surface area (Å²) in [5.74, 6) is 0.929. The Kier molecular flexibility index (Phi) is 7.63. The van der Waals surface area contributed by atoms with Crippen LogP contribution in [0.2, 0.25) is 0 Å². The molecule has 1 aromatic rings. The van der Waals surface area contributed by atoms with E-state index in [0.717, 1.165) is 44.3 Å². The zero-order valence-electron chi connectivity index (χ0n) is 14.5. The molecule has 1 saturated carbocycles. The molecule has 2 rings (SSSR count). The highest BCUT2D eigenvalue weighted by atomic mass is 16.5. The van der Waals surface area contributed by atoms with Gasteiger partial charge in [-0.2, -0.15) is 0 Å². The highest BCUT2D eigenvalue weighted by Gasteiger charge is 2.20. The average Bonchev–Trinajstić information content (AvgIpc) is 2.56. The number of rotatable bonds is 8. The van der Waals surface area contributed by atoms with Gasteiger partial charge in [0.15, 0.2) is 0 Å². The van der Waals surface area contributed by atoms with Crippen LogP contribution in [0.3, 0.4) is 0 Å². The van der Waals surface area contributed by atoms with Gasteiger partial charge in [0.05, 0.1) is 6.10 Å². The molecule has 1 aliphatic carbocycles. The molecule has 0 aromatic heterocycles. The second-order valence-corrected chi connectivity index (χ2v) is 6.64. The number of aliphatic hydroxyl groups excluding tert-OH is 1. The molecule has 0 aliphatic heterocycles. The lowest BCUT2D eigenvalue weighted by Crippen LogP contribution is -2.40. The first kappa shape index (κ1) is 18.0. The first-order chi connectivity index (χ1) is 11.2.